The summed E-state index contributed by atoms with van der Waals surface area (Å²) in [5.41, 5.74) is 1.13. The van der Waals surface area contributed by atoms with Gasteiger partial charge in [0.05, 0.1) is 17.0 Å². The number of likely N-dealkylation sites (N-methyl/N-ethyl adjacent to an activating group) is 1. The normalized spacial score (nSPS) is 18.6. The summed E-state index contributed by atoms with van der Waals surface area (Å²) in [5, 5.41) is 13.0. The standard InChI is InChI=1S/C19H34N6O3S/c1-19(2,26)14-21-29(27,28)13-8-20-17-15-6-4-5-7-16(15)22-18(23-17)25-11-9-24(3)10-12-25/h21,26H,4-14H2,1-3H3,(H,20,22,23). The summed E-state index contributed by atoms with van der Waals surface area (Å²) < 4.78 is 26.8. The second kappa shape index (κ2) is 9.11. The maximum atomic E-state index is 12.2. The number of nitrogens with zero attached hydrogens (tertiary/aromatic N) is 4. The van der Waals surface area contributed by atoms with Gasteiger partial charge < -0.3 is 20.2 Å². The van der Waals surface area contributed by atoms with E-state index in [9.17, 15) is 13.5 Å². The predicted octanol–water partition coefficient (Wildman–Crippen LogP) is 0.209. The molecule has 1 fully saturated rings. The lowest BCUT2D eigenvalue weighted by molar-refractivity contribution is 0.0857. The third-order valence-corrected chi connectivity index (χ3v) is 6.67. The molecule has 0 spiro atoms. The predicted molar refractivity (Wildman–Crippen MR) is 115 cm³/mol. The quantitative estimate of drug-likeness (QED) is 0.541. The summed E-state index contributed by atoms with van der Waals surface area (Å²) in [6, 6.07) is 0. The molecular weight excluding hydrogens is 392 g/mol. The molecule has 1 aromatic rings. The van der Waals surface area contributed by atoms with Crippen LogP contribution in [0, 0.1) is 0 Å². The van der Waals surface area contributed by atoms with Crippen molar-refractivity contribution in [3.05, 3.63) is 11.3 Å². The van der Waals surface area contributed by atoms with Gasteiger partial charge in [0.1, 0.15) is 5.82 Å². The molecule has 29 heavy (non-hydrogen) atoms. The van der Waals surface area contributed by atoms with Crippen molar-refractivity contribution in [1.29, 1.82) is 0 Å². The molecule has 2 heterocycles. The third-order valence-electron chi connectivity index (χ3n) is 5.35. The Kier molecular flexibility index (Phi) is 6.98. The van der Waals surface area contributed by atoms with E-state index < -0.39 is 15.6 Å². The summed E-state index contributed by atoms with van der Waals surface area (Å²) in [5.74, 6) is 1.43. The van der Waals surface area contributed by atoms with E-state index in [-0.39, 0.29) is 18.8 Å². The summed E-state index contributed by atoms with van der Waals surface area (Å²) in [4.78, 5) is 14.1. The fourth-order valence-corrected chi connectivity index (χ4v) is 4.63. The molecule has 1 aromatic heterocycles. The van der Waals surface area contributed by atoms with E-state index in [4.69, 9.17) is 9.97 Å². The van der Waals surface area contributed by atoms with Crippen LogP contribution in [-0.2, 0) is 22.9 Å². The fraction of sp³-hybridized carbons (Fsp3) is 0.789. The first-order chi connectivity index (χ1) is 13.6. The van der Waals surface area contributed by atoms with Crippen molar-refractivity contribution < 1.29 is 13.5 Å². The number of aromatic nitrogens is 2. The molecule has 164 valence electrons. The minimum Gasteiger partial charge on any atom is -0.389 e. The van der Waals surface area contributed by atoms with Crippen molar-refractivity contribution in [2.75, 3.05) is 62.3 Å². The minimum absolute atomic E-state index is 0.00814. The molecule has 9 nitrogen and oxygen atoms in total. The number of fused-ring (bicyclic) bond motifs is 1. The maximum Gasteiger partial charge on any atom is 0.227 e. The first kappa shape index (κ1) is 22.2. The summed E-state index contributed by atoms with van der Waals surface area (Å²) >= 11 is 0. The van der Waals surface area contributed by atoms with Gasteiger partial charge in [-0.3, -0.25) is 0 Å². The lowest BCUT2D eigenvalue weighted by atomic mass is 9.96. The molecule has 0 unspecified atom stereocenters. The zero-order valence-electron chi connectivity index (χ0n) is 17.7. The highest BCUT2D eigenvalue weighted by Gasteiger charge is 2.23. The highest BCUT2D eigenvalue weighted by molar-refractivity contribution is 7.89. The van der Waals surface area contributed by atoms with Crippen LogP contribution in [0.5, 0.6) is 0 Å². The average Bonchev–Trinajstić information content (AvgIpc) is 2.66. The Labute approximate surface area is 174 Å². The van der Waals surface area contributed by atoms with E-state index in [2.05, 4.69) is 26.9 Å². The van der Waals surface area contributed by atoms with Crippen molar-refractivity contribution >= 4 is 21.8 Å². The SMILES string of the molecule is CN1CCN(c2nc3c(c(NCCS(=O)(=O)NCC(C)(C)O)n2)CCCC3)CC1. The molecule has 0 radical (unpaired) electrons. The summed E-state index contributed by atoms with van der Waals surface area (Å²) in [6.07, 6.45) is 4.09. The van der Waals surface area contributed by atoms with Crippen molar-refractivity contribution in [2.45, 2.75) is 45.1 Å². The largest absolute Gasteiger partial charge is 0.389 e. The molecule has 1 aliphatic carbocycles. The molecule has 3 rings (SSSR count). The van der Waals surface area contributed by atoms with E-state index in [1.807, 2.05) is 0 Å². The molecule has 10 heteroatoms. The Morgan fingerprint density at radius 1 is 1.10 bits per heavy atom. The molecule has 0 saturated carbocycles. The Morgan fingerprint density at radius 3 is 2.48 bits per heavy atom. The monoisotopic (exact) mass is 426 g/mol. The minimum atomic E-state index is -3.47. The van der Waals surface area contributed by atoms with Gasteiger partial charge in [0, 0.05) is 44.8 Å². The lowest BCUT2D eigenvalue weighted by Gasteiger charge is -2.33. The Hall–Kier alpha value is -1.49. The molecular formula is C19H34N6O3S. The van der Waals surface area contributed by atoms with Crippen LogP contribution in [0.3, 0.4) is 0 Å². The van der Waals surface area contributed by atoms with Crippen molar-refractivity contribution in [3.8, 4) is 0 Å². The van der Waals surface area contributed by atoms with E-state index in [1.165, 1.54) is 0 Å². The number of nitrogens with one attached hydrogen (secondary N) is 2. The van der Waals surface area contributed by atoms with Gasteiger partial charge in [-0.2, -0.15) is 4.98 Å². The van der Waals surface area contributed by atoms with Gasteiger partial charge in [0.25, 0.3) is 0 Å². The van der Waals surface area contributed by atoms with Crippen molar-refractivity contribution in [3.63, 3.8) is 0 Å². The molecule has 3 N–H and O–H groups in total. The van der Waals surface area contributed by atoms with Gasteiger partial charge in [0.2, 0.25) is 16.0 Å². The van der Waals surface area contributed by atoms with E-state index in [0.29, 0.717) is 0 Å². The zero-order chi connectivity index (χ0) is 21.1. The molecule has 1 aliphatic heterocycles. The van der Waals surface area contributed by atoms with Gasteiger partial charge in [-0.05, 0) is 46.6 Å². The number of hydrogen-bond acceptors (Lipinski definition) is 8. The summed E-state index contributed by atoms with van der Waals surface area (Å²) in [6.45, 7) is 7.14. The fourth-order valence-electron chi connectivity index (χ4n) is 3.54. The Bertz CT molecular complexity index is 801. The van der Waals surface area contributed by atoms with E-state index in [0.717, 1.165) is 74.9 Å². The topological polar surface area (TPSA) is 111 Å². The van der Waals surface area contributed by atoms with Crippen molar-refractivity contribution in [1.82, 2.24) is 19.6 Å². The Morgan fingerprint density at radius 2 is 1.79 bits per heavy atom. The molecule has 0 aromatic carbocycles. The number of rotatable bonds is 8. The van der Waals surface area contributed by atoms with E-state index in [1.54, 1.807) is 13.8 Å². The molecule has 0 atom stereocenters. The number of sulfonamides is 1. The first-order valence-corrected chi connectivity index (χ1v) is 12.0. The van der Waals surface area contributed by atoms with Crippen molar-refractivity contribution in [2.24, 2.45) is 0 Å². The molecule has 1 saturated heterocycles. The van der Waals surface area contributed by atoms with Gasteiger partial charge in [0.15, 0.2) is 0 Å². The van der Waals surface area contributed by atoms with Gasteiger partial charge in [-0.15, -0.1) is 0 Å². The first-order valence-electron chi connectivity index (χ1n) is 10.4. The van der Waals surface area contributed by atoms with Crippen LogP contribution in [0.15, 0.2) is 0 Å². The number of piperazine rings is 1. The van der Waals surface area contributed by atoms with Gasteiger partial charge >= 0.3 is 0 Å². The number of aryl methyl sites for hydroxylation is 1. The molecule has 2 aliphatic rings. The number of anilines is 2. The second-order valence-corrected chi connectivity index (χ2v) is 10.6. The Balaban J connectivity index is 1.68. The van der Waals surface area contributed by atoms with Gasteiger partial charge in [-0.1, -0.05) is 0 Å². The van der Waals surface area contributed by atoms with Crippen LogP contribution in [0.4, 0.5) is 11.8 Å². The van der Waals surface area contributed by atoms with Crippen LogP contribution in [0.1, 0.15) is 37.9 Å². The number of hydrogen-bond donors (Lipinski definition) is 3. The highest BCUT2D eigenvalue weighted by Crippen LogP contribution is 2.28. The summed E-state index contributed by atoms with van der Waals surface area (Å²) in [7, 11) is -1.36. The van der Waals surface area contributed by atoms with E-state index >= 15 is 0 Å². The second-order valence-electron chi connectivity index (χ2n) is 8.67. The van der Waals surface area contributed by atoms with Crippen LogP contribution >= 0.6 is 0 Å². The molecule has 0 bridgehead atoms. The smallest absolute Gasteiger partial charge is 0.227 e. The van der Waals surface area contributed by atoms with Crippen LogP contribution in [-0.4, -0.2) is 86.1 Å². The van der Waals surface area contributed by atoms with Gasteiger partial charge in [-0.25, -0.2) is 18.1 Å². The third kappa shape index (κ3) is 6.50. The lowest BCUT2D eigenvalue weighted by Crippen LogP contribution is -2.45. The zero-order valence-corrected chi connectivity index (χ0v) is 18.6. The maximum absolute atomic E-state index is 12.2. The highest BCUT2D eigenvalue weighted by atomic mass is 32.2. The molecule has 0 amide bonds. The van der Waals surface area contributed by atoms with Crippen LogP contribution in [0.25, 0.3) is 0 Å². The number of aliphatic hydroxyl groups is 1. The van der Waals surface area contributed by atoms with Crippen LogP contribution in [0.2, 0.25) is 0 Å². The average molecular weight is 427 g/mol. The van der Waals surface area contributed by atoms with Crippen LogP contribution < -0.4 is 14.9 Å².